The summed E-state index contributed by atoms with van der Waals surface area (Å²) in [6, 6.07) is 16.3. The first-order chi connectivity index (χ1) is 13.1. The number of thioether (sulfide) groups is 1. The van der Waals surface area contributed by atoms with Crippen LogP contribution in [0.15, 0.2) is 70.7 Å². The number of hydrogen-bond acceptors (Lipinski definition) is 4. The van der Waals surface area contributed by atoms with Crippen molar-refractivity contribution in [2.45, 2.75) is 5.16 Å². The van der Waals surface area contributed by atoms with Crippen molar-refractivity contribution in [1.82, 2.24) is 14.5 Å². The average Bonchev–Trinajstić information content (AvgIpc) is 2.68. The molecular weight excluding hydrogens is 401 g/mol. The average molecular weight is 414 g/mol. The summed E-state index contributed by atoms with van der Waals surface area (Å²) < 4.78 is 1.58. The summed E-state index contributed by atoms with van der Waals surface area (Å²) in [5.74, 6) is 0. The molecule has 4 nitrogen and oxygen atoms in total. The lowest BCUT2D eigenvalue weighted by molar-refractivity contribution is 0.939. The first-order valence-corrected chi connectivity index (χ1v) is 10.0. The fraction of sp³-hybridized carbons (Fsp3) is 0.0500. The first-order valence-electron chi connectivity index (χ1n) is 8.07. The van der Waals surface area contributed by atoms with Crippen molar-refractivity contribution in [3.8, 4) is 16.8 Å². The zero-order chi connectivity index (χ0) is 19.0. The molecule has 0 aliphatic rings. The number of fused-ring (bicyclic) bond motifs is 1. The molecule has 2 aromatic heterocycles. The molecule has 0 unspecified atom stereocenters. The van der Waals surface area contributed by atoms with Crippen LogP contribution in [0.1, 0.15) is 0 Å². The van der Waals surface area contributed by atoms with Crippen molar-refractivity contribution in [3.05, 3.63) is 81.2 Å². The molecule has 0 radical (unpaired) electrons. The van der Waals surface area contributed by atoms with E-state index in [1.165, 1.54) is 11.8 Å². The molecule has 0 aliphatic heterocycles. The maximum atomic E-state index is 13.5. The van der Waals surface area contributed by atoms with Gasteiger partial charge in [0, 0.05) is 17.1 Å². The lowest BCUT2D eigenvalue weighted by Gasteiger charge is -2.14. The van der Waals surface area contributed by atoms with Crippen LogP contribution in [-0.4, -0.2) is 20.8 Å². The fourth-order valence-corrected chi connectivity index (χ4v) is 3.87. The third kappa shape index (κ3) is 3.23. The van der Waals surface area contributed by atoms with E-state index in [0.717, 1.165) is 5.39 Å². The van der Waals surface area contributed by atoms with Crippen LogP contribution in [0.3, 0.4) is 0 Å². The summed E-state index contributed by atoms with van der Waals surface area (Å²) in [5.41, 5.74) is 1.92. The SMILES string of the molecule is CSc1ncc2cc(-c3c(Cl)cccc3Cl)c(=O)n(-c3ccccc3)c2n1. The number of pyridine rings is 1. The fourth-order valence-electron chi connectivity index (χ4n) is 2.93. The molecule has 0 aliphatic carbocycles. The summed E-state index contributed by atoms with van der Waals surface area (Å²) in [5, 5.41) is 2.15. The van der Waals surface area contributed by atoms with Crippen molar-refractivity contribution in [2.24, 2.45) is 0 Å². The molecule has 134 valence electrons. The van der Waals surface area contributed by atoms with Crippen molar-refractivity contribution >= 4 is 46.0 Å². The summed E-state index contributed by atoms with van der Waals surface area (Å²) >= 11 is 14.2. The second-order valence-electron chi connectivity index (χ2n) is 5.77. The largest absolute Gasteiger partial charge is 0.268 e. The van der Waals surface area contributed by atoms with E-state index in [4.69, 9.17) is 23.2 Å². The zero-order valence-electron chi connectivity index (χ0n) is 14.2. The number of halogens is 2. The van der Waals surface area contributed by atoms with Gasteiger partial charge in [-0.05, 0) is 36.6 Å². The smallest absolute Gasteiger partial charge is 0.264 e. The van der Waals surface area contributed by atoms with Crippen LogP contribution in [0.2, 0.25) is 10.0 Å². The summed E-state index contributed by atoms with van der Waals surface area (Å²) in [4.78, 5) is 22.4. The standard InChI is InChI=1S/C20H13Cl2N3OS/c1-27-20-23-11-12-10-14(17-15(21)8-5-9-16(17)22)19(26)25(18(12)24-20)13-6-3-2-4-7-13/h2-11H,1H3. The van der Waals surface area contributed by atoms with E-state index in [-0.39, 0.29) is 5.56 Å². The van der Waals surface area contributed by atoms with Gasteiger partial charge in [-0.2, -0.15) is 0 Å². The van der Waals surface area contributed by atoms with Crippen molar-refractivity contribution in [3.63, 3.8) is 0 Å². The molecule has 7 heteroatoms. The van der Waals surface area contributed by atoms with E-state index in [2.05, 4.69) is 9.97 Å². The van der Waals surface area contributed by atoms with Gasteiger partial charge in [-0.1, -0.05) is 59.2 Å². The molecule has 27 heavy (non-hydrogen) atoms. The summed E-state index contributed by atoms with van der Waals surface area (Å²) in [7, 11) is 0. The molecule has 2 heterocycles. The molecular formula is C20H13Cl2N3OS. The van der Waals surface area contributed by atoms with Crippen molar-refractivity contribution < 1.29 is 0 Å². The maximum absolute atomic E-state index is 13.5. The molecule has 0 saturated carbocycles. The Hall–Kier alpha value is -2.34. The molecule has 0 spiro atoms. The highest BCUT2D eigenvalue weighted by Crippen LogP contribution is 2.34. The van der Waals surface area contributed by atoms with Gasteiger partial charge in [0.2, 0.25) is 0 Å². The predicted molar refractivity (Wildman–Crippen MR) is 112 cm³/mol. The van der Waals surface area contributed by atoms with E-state index >= 15 is 0 Å². The van der Waals surface area contributed by atoms with Crippen LogP contribution >= 0.6 is 35.0 Å². The Balaban J connectivity index is 2.15. The van der Waals surface area contributed by atoms with Gasteiger partial charge in [-0.3, -0.25) is 9.36 Å². The Morgan fingerprint density at radius 1 is 1.00 bits per heavy atom. The molecule has 0 fully saturated rings. The predicted octanol–water partition coefficient (Wildman–Crippen LogP) is 5.48. The number of benzene rings is 2. The van der Waals surface area contributed by atoms with Gasteiger partial charge in [-0.15, -0.1) is 0 Å². The Labute approximate surface area is 169 Å². The van der Waals surface area contributed by atoms with Crippen LogP contribution < -0.4 is 5.56 Å². The van der Waals surface area contributed by atoms with Crippen LogP contribution in [0.4, 0.5) is 0 Å². The van der Waals surface area contributed by atoms with Crippen LogP contribution in [0.25, 0.3) is 27.8 Å². The molecule has 4 rings (SSSR count). The van der Waals surface area contributed by atoms with Crippen molar-refractivity contribution in [1.29, 1.82) is 0 Å². The summed E-state index contributed by atoms with van der Waals surface area (Å²) in [6.45, 7) is 0. The van der Waals surface area contributed by atoms with E-state index in [1.807, 2.05) is 36.6 Å². The van der Waals surface area contributed by atoms with Gasteiger partial charge in [0.25, 0.3) is 5.56 Å². The zero-order valence-corrected chi connectivity index (χ0v) is 16.5. The quantitative estimate of drug-likeness (QED) is 0.329. The minimum Gasteiger partial charge on any atom is -0.268 e. The third-order valence-corrected chi connectivity index (χ3v) is 5.34. The number of aromatic nitrogens is 3. The molecule has 2 aromatic carbocycles. The first kappa shape index (κ1) is 18.0. The second kappa shape index (κ2) is 7.35. The minimum atomic E-state index is -0.241. The molecule has 0 amide bonds. The van der Waals surface area contributed by atoms with Gasteiger partial charge in [0.15, 0.2) is 10.8 Å². The highest BCUT2D eigenvalue weighted by Gasteiger charge is 2.18. The molecule has 4 aromatic rings. The van der Waals surface area contributed by atoms with Crippen LogP contribution in [-0.2, 0) is 0 Å². The normalized spacial score (nSPS) is 11.1. The molecule has 0 atom stereocenters. The van der Waals surface area contributed by atoms with Crippen molar-refractivity contribution in [2.75, 3.05) is 6.26 Å². The Kier molecular flexibility index (Phi) is 4.91. The number of rotatable bonds is 3. The Bertz CT molecular complexity index is 1190. The topological polar surface area (TPSA) is 47.8 Å². The van der Waals surface area contributed by atoms with Gasteiger partial charge in [-0.25, -0.2) is 9.97 Å². The second-order valence-corrected chi connectivity index (χ2v) is 7.35. The summed E-state index contributed by atoms with van der Waals surface area (Å²) in [6.07, 6.45) is 3.60. The Morgan fingerprint density at radius 2 is 1.70 bits per heavy atom. The molecule has 0 bridgehead atoms. The van der Waals surface area contributed by atoms with Gasteiger partial charge in [0.1, 0.15) is 0 Å². The monoisotopic (exact) mass is 413 g/mol. The van der Waals surface area contributed by atoms with Gasteiger partial charge < -0.3 is 0 Å². The van der Waals surface area contributed by atoms with Gasteiger partial charge in [0.05, 0.1) is 21.3 Å². The molecule has 0 saturated heterocycles. The Morgan fingerprint density at radius 3 is 2.37 bits per heavy atom. The number of para-hydroxylation sites is 1. The number of nitrogens with zero attached hydrogens (tertiary/aromatic N) is 3. The van der Waals surface area contributed by atoms with E-state index < -0.39 is 0 Å². The number of hydrogen-bond donors (Lipinski definition) is 0. The van der Waals surface area contributed by atoms with E-state index in [9.17, 15) is 4.79 Å². The maximum Gasteiger partial charge on any atom is 0.264 e. The lowest BCUT2D eigenvalue weighted by atomic mass is 10.1. The third-order valence-electron chi connectivity index (χ3n) is 4.15. The highest BCUT2D eigenvalue weighted by atomic mass is 35.5. The van der Waals surface area contributed by atoms with Crippen LogP contribution in [0, 0.1) is 0 Å². The van der Waals surface area contributed by atoms with E-state index in [0.29, 0.717) is 37.7 Å². The minimum absolute atomic E-state index is 0.241. The van der Waals surface area contributed by atoms with E-state index in [1.54, 1.807) is 35.0 Å². The lowest BCUT2D eigenvalue weighted by Crippen LogP contribution is -2.21. The highest BCUT2D eigenvalue weighted by molar-refractivity contribution is 7.98. The molecule has 0 N–H and O–H groups in total. The van der Waals surface area contributed by atoms with Crippen LogP contribution in [0.5, 0.6) is 0 Å². The van der Waals surface area contributed by atoms with Gasteiger partial charge >= 0.3 is 0 Å².